The second kappa shape index (κ2) is 4.44. The zero-order valence-electron chi connectivity index (χ0n) is 7.26. The molecule has 0 saturated carbocycles. The van der Waals surface area contributed by atoms with Gasteiger partial charge in [-0.05, 0) is 18.2 Å². The third kappa shape index (κ3) is 2.32. The summed E-state index contributed by atoms with van der Waals surface area (Å²) in [6.07, 6.45) is -1.23. The molecule has 0 amide bonds. The number of halogens is 2. The molecule has 0 aromatic heterocycles. The first-order valence-corrected chi connectivity index (χ1v) is 4.24. The summed E-state index contributed by atoms with van der Waals surface area (Å²) in [5.74, 6) is 0.474. The van der Waals surface area contributed by atoms with Crippen LogP contribution < -0.4 is 10.5 Å². The van der Waals surface area contributed by atoms with E-state index in [9.17, 15) is 4.39 Å². The minimum absolute atomic E-state index is 0.0727. The Kier molecular flexibility index (Phi) is 3.51. The molecule has 0 bridgehead atoms. The summed E-state index contributed by atoms with van der Waals surface area (Å²) in [7, 11) is 1.48. The molecule has 1 atom stereocenters. The van der Waals surface area contributed by atoms with E-state index in [1.807, 2.05) is 0 Å². The van der Waals surface area contributed by atoms with Crippen LogP contribution in [0.4, 0.5) is 4.39 Å². The molecule has 2 N–H and O–H groups in total. The number of ether oxygens (including phenoxy) is 1. The largest absolute Gasteiger partial charge is 0.496 e. The van der Waals surface area contributed by atoms with Crippen molar-refractivity contribution in [3.8, 4) is 5.75 Å². The van der Waals surface area contributed by atoms with Crippen LogP contribution in [0.5, 0.6) is 5.75 Å². The van der Waals surface area contributed by atoms with Crippen molar-refractivity contribution >= 4 is 11.6 Å². The highest BCUT2D eigenvalue weighted by atomic mass is 35.5. The van der Waals surface area contributed by atoms with Crippen LogP contribution in [0.3, 0.4) is 0 Å². The average Bonchev–Trinajstić information content (AvgIpc) is 2.16. The number of alkyl halides is 1. The number of methoxy groups -OCH3 is 1. The molecule has 1 aromatic carbocycles. The summed E-state index contributed by atoms with van der Waals surface area (Å²) in [4.78, 5) is 0. The number of rotatable bonds is 3. The van der Waals surface area contributed by atoms with Crippen LogP contribution in [0.2, 0.25) is 5.02 Å². The number of hydrogen-bond acceptors (Lipinski definition) is 2. The quantitative estimate of drug-likeness (QED) is 0.819. The molecule has 0 spiro atoms. The van der Waals surface area contributed by atoms with Gasteiger partial charge >= 0.3 is 0 Å². The Morgan fingerprint density at radius 1 is 1.62 bits per heavy atom. The molecular weight excluding hydrogens is 193 g/mol. The standard InChI is InChI=1S/C9H11ClFNO/c1-13-9-3-2-6(10)4-7(9)8(11)5-12/h2-4,8H,5,12H2,1H3. The second-order valence-corrected chi connectivity index (χ2v) is 3.03. The summed E-state index contributed by atoms with van der Waals surface area (Å²) in [5, 5.41) is 0.479. The van der Waals surface area contributed by atoms with Gasteiger partial charge in [-0.3, -0.25) is 0 Å². The summed E-state index contributed by atoms with van der Waals surface area (Å²) in [6, 6.07) is 4.80. The fraction of sp³-hybridized carbons (Fsp3) is 0.333. The summed E-state index contributed by atoms with van der Waals surface area (Å²) in [5.41, 5.74) is 5.60. The number of nitrogens with two attached hydrogens (primary N) is 1. The molecule has 13 heavy (non-hydrogen) atoms. The lowest BCUT2D eigenvalue weighted by molar-refractivity contribution is 0.331. The fourth-order valence-corrected chi connectivity index (χ4v) is 1.26. The first-order valence-electron chi connectivity index (χ1n) is 3.86. The molecule has 1 unspecified atom stereocenters. The van der Waals surface area contributed by atoms with Crippen molar-refractivity contribution in [2.75, 3.05) is 13.7 Å². The van der Waals surface area contributed by atoms with Gasteiger partial charge in [-0.25, -0.2) is 4.39 Å². The molecule has 0 saturated heterocycles. The summed E-state index contributed by atoms with van der Waals surface area (Å²) < 4.78 is 18.2. The van der Waals surface area contributed by atoms with Gasteiger partial charge in [0.05, 0.1) is 7.11 Å². The van der Waals surface area contributed by atoms with Gasteiger partial charge in [0.25, 0.3) is 0 Å². The SMILES string of the molecule is COc1ccc(Cl)cc1C(F)CN. The maximum absolute atomic E-state index is 13.2. The molecule has 72 valence electrons. The lowest BCUT2D eigenvalue weighted by Gasteiger charge is -2.11. The van der Waals surface area contributed by atoms with E-state index in [0.29, 0.717) is 16.3 Å². The second-order valence-electron chi connectivity index (χ2n) is 2.59. The van der Waals surface area contributed by atoms with Gasteiger partial charge in [0.15, 0.2) is 0 Å². The minimum atomic E-state index is -1.23. The number of benzene rings is 1. The molecule has 0 heterocycles. The predicted molar refractivity (Wildman–Crippen MR) is 50.9 cm³/mol. The maximum Gasteiger partial charge on any atom is 0.141 e. The Balaban J connectivity index is 3.07. The third-order valence-electron chi connectivity index (χ3n) is 1.74. The molecule has 0 aliphatic heterocycles. The van der Waals surface area contributed by atoms with Gasteiger partial charge in [0.1, 0.15) is 11.9 Å². The average molecular weight is 204 g/mol. The highest BCUT2D eigenvalue weighted by Crippen LogP contribution is 2.29. The molecule has 2 nitrogen and oxygen atoms in total. The molecule has 1 aromatic rings. The van der Waals surface area contributed by atoms with Gasteiger partial charge in [-0.15, -0.1) is 0 Å². The Labute approximate surface area is 81.4 Å². The Morgan fingerprint density at radius 2 is 2.31 bits per heavy atom. The Bertz CT molecular complexity index is 293. The lowest BCUT2D eigenvalue weighted by Crippen LogP contribution is -2.08. The zero-order chi connectivity index (χ0) is 9.84. The maximum atomic E-state index is 13.2. The zero-order valence-corrected chi connectivity index (χ0v) is 8.01. The molecule has 0 fully saturated rings. The lowest BCUT2D eigenvalue weighted by atomic mass is 10.1. The molecule has 1 rings (SSSR count). The first kappa shape index (κ1) is 10.3. The van der Waals surface area contributed by atoms with Crippen LogP contribution in [0.15, 0.2) is 18.2 Å². The van der Waals surface area contributed by atoms with E-state index in [2.05, 4.69) is 0 Å². The van der Waals surface area contributed by atoms with Crippen molar-refractivity contribution in [2.45, 2.75) is 6.17 Å². The van der Waals surface area contributed by atoms with Gasteiger partial charge in [-0.2, -0.15) is 0 Å². The van der Waals surface area contributed by atoms with Crippen molar-refractivity contribution in [3.05, 3.63) is 28.8 Å². The van der Waals surface area contributed by atoms with Crippen LogP contribution >= 0.6 is 11.6 Å². The summed E-state index contributed by atoms with van der Waals surface area (Å²) >= 11 is 5.71. The topological polar surface area (TPSA) is 35.2 Å². The van der Waals surface area contributed by atoms with E-state index in [-0.39, 0.29) is 6.54 Å². The van der Waals surface area contributed by atoms with Crippen LogP contribution in [0, 0.1) is 0 Å². The molecule has 0 aliphatic rings. The van der Waals surface area contributed by atoms with Gasteiger partial charge in [-0.1, -0.05) is 11.6 Å². The van der Waals surface area contributed by atoms with E-state index >= 15 is 0 Å². The van der Waals surface area contributed by atoms with Crippen molar-refractivity contribution in [3.63, 3.8) is 0 Å². The summed E-state index contributed by atoms with van der Waals surface area (Å²) in [6.45, 7) is -0.0727. The van der Waals surface area contributed by atoms with E-state index < -0.39 is 6.17 Å². The smallest absolute Gasteiger partial charge is 0.141 e. The van der Waals surface area contributed by atoms with Crippen molar-refractivity contribution < 1.29 is 9.13 Å². The predicted octanol–water partition coefficient (Wildman–Crippen LogP) is 2.32. The Morgan fingerprint density at radius 3 is 2.85 bits per heavy atom. The highest BCUT2D eigenvalue weighted by molar-refractivity contribution is 6.30. The molecular formula is C9H11ClFNO. The monoisotopic (exact) mass is 203 g/mol. The van der Waals surface area contributed by atoms with Crippen molar-refractivity contribution in [2.24, 2.45) is 5.73 Å². The van der Waals surface area contributed by atoms with Crippen LogP contribution in [0.1, 0.15) is 11.7 Å². The van der Waals surface area contributed by atoms with E-state index in [0.717, 1.165) is 0 Å². The van der Waals surface area contributed by atoms with E-state index in [4.69, 9.17) is 22.1 Å². The van der Waals surface area contributed by atoms with Gasteiger partial charge in [0, 0.05) is 17.1 Å². The van der Waals surface area contributed by atoms with Crippen molar-refractivity contribution in [1.29, 1.82) is 0 Å². The van der Waals surface area contributed by atoms with Gasteiger partial charge in [0.2, 0.25) is 0 Å². The van der Waals surface area contributed by atoms with Gasteiger partial charge < -0.3 is 10.5 Å². The molecule has 0 aliphatic carbocycles. The third-order valence-corrected chi connectivity index (χ3v) is 1.97. The van der Waals surface area contributed by atoms with Crippen LogP contribution in [0.25, 0.3) is 0 Å². The first-order chi connectivity index (χ1) is 6.19. The normalized spacial score (nSPS) is 12.6. The Hall–Kier alpha value is -0.800. The van der Waals surface area contributed by atoms with Crippen LogP contribution in [-0.4, -0.2) is 13.7 Å². The molecule has 0 radical (unpaired) electrons. The van der Waals surface area contributed by atoms with E-state index in [1.54, 1.807) is 12.1 Å². The van der Waals surface area contributed by atoms with E-state index in [1.165, 1.54) is 13.2 Å². The molecule has 4 heteroatoms. The number of hydrogen-bond donors (Lipinski definition) is 1. The van der Waals surface area contributed by atoms with Crippen LogP contribution in [-0.2, 0) is 0 Å². The fourth-order valence-electron chi connectivity index (χ4n) is 1.08. The minimum Gasteiger partial charge on any atom is -0.496 e. The highest BCUT2D eigenvalue weighted by Gasteiger charge is 2.13. The van der Waals surface area contributed by atoms with Crippen molar-refractivity contribution in [1.82, 2.24) is 0 Å².